The van der Waals surface area contributed by atoms with Gasteiger partial charge in [-0.2, -0.15) is 0 Å². The van der Waals surface area contributed by atoms with Gasteiger partial charge in [-0.05, 0) is 31.2 Å². The van der Waals surface area contributed by atoms with Crippen molar-refractivity contribution in [3.63, 3.8) is 0 Å². The molecule has 0 amide bonds. The third-order valence-electron chi connectivity index (χ3n) is 8.90. The molecule has 3 aromatic rings. The van der Waals surface area contributed by atoms with Crippen molar-refractivity contribution in [1.29, 1.82) is 0 Å². The summed E-state index contributed by atoms with van der Waals surface area (Å²) < 4.78 is 39.3. The molecule has 3 saturated heterocycles. The standard InChI is InChI=1S/C32H38O19/c1-10-19(37)28(50-30-24(42)20(38)15(36)8-45-30)26(44)31(47-10)46-9-17-21(39)23(41)25(43)32(49-17)51-29-22(40)18-14(35)6-13(34)7-16(18)48-27(29)11-2-4-12(33)5-3-11/h2-7,10,15,17,19-21,23-26,28,30-39,41-44H,8-9H2,1H3/t10-,15+,17+,19+,20-,21+,23+,24-,25-,26+,28+,30-,31-,32+/m1/s1. The Kier molecular flexibility index (Phi) is 10.7. The zero-order valence-electron chi connectivity index (χ0n) is 26.6. The van der Waals surface area contributed by atoms with E-state index in [2.05, 4.69) is 0 Å². The molecular formula is C32H38O19. The molecule has 1 aromatic heterocycles. The fourth-order valence-electron chi connectivity index (χ4n) is 5.98. The zero-order valence-corrected chi connectivity index (χ0v) is 26.6. The van der Waals surface area contributed by atoms with Crippen molar-refractivity contribution in [3.8, 4) is 34.3 Å². The van der Waals surface area contributed by atoms with Gasteiger partial charge in [0.05, 0.1) is 19.3 Å². The molecular weight excluding hydrogens is 688 g/mol. The van der Waals surface area contributed by atoms with Gasteiger partial charge in [-0.25, -0.2) is 0 Å². The number of aromatic hydroxyl groups is 3. The van der Waals surface area contributed by atoms with Gasteiger partial charge in [-0.15, -0.1) is 0 Å². The molecule has 0 radical (unpaired) electrons. The highest BCUT2D eigenvalue weighted by atomic mass is 16.7. The van der Waals surface area contributed by atoms with Crippen LogP contribution < -0.4 is 10.2 Å². The molecule has 11 N–H and O–H groups in total. The summed E-state index contributed by atoms with van der Waals surface area (Å²) in [4.78, 5) is 13.7. The number of phenolic OH excluding ortho intramolecular Hbond substituents is 3. The first-order valence-electron chi connectivity index (χ1n) is 15.8. The third-order valence-corrected chi connectivity index (χ3v) is 8.90. The molecule has 4 heterocycles. The van der Waals surface area contributed by atoms with Gasteiger partial charge in [0, 0.05) is 17.7 Å². The summed E-state index contributed by atoms with van der Waals surface area (Å²) in [5.41, 5.74) is -1.05. The van der Waals surface area contributed by atoms with Crippen molar-refractivity contribution in [1.82, 2.24) is 0 Å². The van der Waals surface area contributed by atoms with Crippen molar-refractivity contribution in [2.24, 2.45) is 0 Å². The van der Waals surface area contributed by atoms with Gasteiger partial charge in [0.2, 0.25) is 17.5 Å². The van der Waals surface area contributed by atoms with Crippen molar-refractivity contribution < 1.29 is 89.0 Å². The highest BCUT2D eigenvalue weighted by molar-refractivity contribution is 5.88. The van der Waals surface area contributed by atoms with Crippen molar-refractivity contribution in [3.05, 3.63) is 46.6 Å². The molecule has 3 fully saturated rings. The van der Waals surface area contributed by atoms with Crippen LogP contribution in [0.5, 0.6) is 23.0 Å². The molecule has 0 spiro atoms. The molecule has 51 heavy (non-hydrogen) atoms. The van der Waals surface area contributed by atoms with Crippen LogP contribution in [0, 0.1) is 0 Å². The van der Waals surface area contributed by atoms with Crippen LogP contribution in [0.1, 0.15) is 6.92 Å². The highest BCUT2D eigenvalue weighted by Gasteiger charge is 2.50. The molecule has 14 atom stereocenters. The van der Waals surface area contributed by atoms with Gasteiger partial charge in [0.1, 0.15) is 89.3 Å². The Labute approximate surface area is 287 Å². The van der Waals surface area contributed by atoms with E-state index in [9.17, 15) is 61.0 Å². The number of aliphatic hydroxyl groups is 8. The van der Waals surface area contributed by atoms with E-state index in [4.69, 9.17) is 32.8 Å². The molecule has 0 aliphatic carbocycles. The van der Waals surface area contributed by atoms with E-state index < -0.39 is 127 Å². The van der Waals surface area contributed by atoms with Crippen molar-refractivity contribution >= 4 is 11.0 Å². The fourth-order valence-corrected chi connectivity index (χ4v) is 5.98. The van der Waals surface area contributed by atoms with Crippen LogP contribution >= 0.6 is 0 Å². The Hall–Kier alpha value is -3.67. The quantitative estimate of drug-likeness (QED) is 0.111. The van der Waals surface area contributed by atoms with E-state index in [1.54, 1.807) is 0 Å². The van der Waals surface area contributed by atoms with Gasteiger partial charge < -0.3 is 89.0 Å². The summed E-state index contributed by atoms with van der Waals surface area (Å²) in [5.74, 6) is -2.13. The second-order valence-electron chi connectivity index (χ2n) is 12.5. The van der Waals surface area contributed by atoms with E-state index in [1.165, 1.54) is 31.2 Å². The second-order valence-corrected chi connectivity index (χ2v) is 12.5. The van der Waals surface area contributed by atoms with Crippen molar-refractivity contribution in [2.75, 3.05) is 13.2 Å². The van der Waals surface area contributed by atoms with Crippen LogP contribution in [0.2, 0.25) is 0 Å². The van der Waals surface area contributed by atoms with Crippen LogP contribution in [-0.4, -0.2) is 155 Å². The Bertz CT molecular complexity index is 1730. The SMILES string of the molecule is C[C@H]1O[C@@H](OC[C@@H]2O[C@@H](Oc3c(-c4ccc(O)cc4)oc4cc(O)cc(O)c4c3=O)[C@H](O)[C@@H](O)[C@H]2O)[C@@H](O)[C@@H](O[C@H]2OC[C@H](O)[C@@H](O)[C@H]2O)[C@H]1O. The first kappa shape index (κ1) is 37.1. The van der Waals surface area contributed by atoms with Crippen LogP contribution in [-0.2, 0) is 23.7 Å². The molecule has 0 saturated carbocycles. The van der Waals surface area contributed by atoms with Gasteiger partial charge in [0.15, 0.2) is 18.3 Å². The first-order chi connectivity index (χ1) is 24.2. The summed E-state index contributed by atoms with van der Waals surface area (Å²) in [6, 6.07) is 7.23. The Morgan fingerprint density at radius 3 is 2.14 bits per heavy atom. The molecule has 3 aliphatic heterocycles. The topological polar surface area (TPSA) is 308 Å². The number of rotatable bonds is 8. The molecule has 19 heteroatoms. The van der Waals surface area contributed by atoms with Crippen molar-refractivity contribution in [2.45, 2.75) is 92.9 Å². The molecule has 0 bridgehead atoms. The molecule has 3 aliphatic rings. The second kappa shape index (κ2) is 14.8. The number of hydrogen-bond acceptors (Lipinski definition) is 19. The number of aliphatic hydroxyl groups excluding tert-OH is 8. The maximum atomic E-state index is 13.7. The average molecular weight is 727 g/mol. The van der Waals surface area contributed by atoms with E-state index in [1.807, 2.05) is 0 Å². The Morgan fingerprint density at radius 2 is 1.43 bits per heavy atom. The molecule has 0 unspecified atom stereocenters. The minimum absolute atomic E-state index is 0.127. The smallest absolute Gasteiger partial charge is 0.239 e. The summed E-state index contributed by atoms with van der Waals surface area (Å²) >= 11 is 0. The lowest BCUT2D eigenvalue weighted by molar-refractivity contribution is -0.351. The number of phenols is 3. The van der Waals surface area contributed by atoms with E-state index in [0.29, 0.717) is 0 Å². The largest absolute Gasteiger partial charge is 0.508 e. The van der Waals surface area contributed by atoms with Crippen LogP contribution in [0.3, 0.4) is 0 Å². The lowest BCUT2D eigenvalue weighted by atomic mass is 9.98. The van der Waals surface area contributed by atoms with E-state index >= 15 is 0 Å². The lowest BCUT2D eigenvalue weighted by Crippen LogP contribution is -2.63. The third kappa shape index (κ3) is 7.22. The monoisotopic (exact) mass is 726 g/mol. The van der Waals surface area contributed by atoms with Gasteiger partial charge >= 0.3 is 0 Å². The average Bonchev–Trinajstić information content (AvgIpc) is 3.09. The summed E-state index contributed by atoms with van der Waals surface area (Å²) in [6.45, 7) is 0.340. The Balaban J connectivity index is 1.22. The molecule has 19 nitrogen and oxygen atoms in total. The van der Waals surface area contributed by atoms with Gasteiger partial charge in [-0.3, -0.25) is 4.79 Å². The van der Waals surface area contributed by atoms with Gasteiger partial charge in [-0.1, -0.05) is 0 Å². The van der Waals surface area contributed by atoms with E-state index in [0.717, 1.165) is 12.1 Å². The maximum Gasteiger partial charge on any atom is 0.239 e. The molecule has 280 valence electrons. The molecule has 2 aromatic carbocycles. The fraction of sp³-hybridized carbons (Fsp3) is 0.531. The Morgan fingerprint density at radius 1 is 0.745 bits per heavy atom. The van der Waals surface area contributed by atoms with Crippen LogP contribution in [0.4, 0.5) is 0 Å². The van der Waals surface area contributed by atoms with Crippen LogP contribution in [0.15, 0.2) is 45.6 Å². The van der Waals surface area contributed by atoms with E-state index in [-0.39, 0.29) is 22.7 Å². The summed E-state index contributed by atoms with van der Waals surface area (Å²) in [7, 11) is 0. The van der Waals surface area contributed by atoms with Crippen LogP contribution in [0.25, 0.3) is 22.3 Å². The predicted molar refractivity (Wildman–Crippen MR) is 165 cm³/mol. The lowest BCUT2D eigenvalue weighted by Gasteiger charge is -2.45. The maximum absolute atomic E-state index is 13.7. The minimum Gasteiger partial charge on any atom is -0.508 e. The highest BCUT2D eigenvalue weighted by Crippen LogP contribution is 2.38. The minimum atomic E-state index is -1.98. The number of benzene rings is 2. The zero-order chi connectivity index (χ0) is 36.9. The van der Waals surface area contributed by atoms with Gasteiger partial charge in [0.25, 0.3) is 0 Å². The summed E-state index contributed by atoms with van der Waals surface area (Å²) in [6.07, 6.45) is -23.0. The number of ether oxygens (including phenoxy) is 6. The normalized spacial score (nSPS) is 37.4. The molecule has 6 rings (SSSR count). The number of fused-ring (bicyclic) bond motifs is 1. The number of hydrogen-bond donors (Lipinski definition) is 11. The first-order valence-corrected chi connectivity index (χ1v) is 15.8. The summed E-state index contributed by atoms with van der Waals surface area (Å²) in [5, 5.41) is 114. The predicted octanol–water partition coefficient (Wildman–Crippen LogP) is -2.93.